The van der Waals surface area contributed by atoms with Crippen molar-refractivity contribution in [1.29, 1.82) is 0 Å². The highest BCUT2D eigenvalue weighted by Crippen LogP contribution is 2.50. The lowest BCUT2D eigenvalue weighted by molar-refractivity contribution is -0.161. The molecule has 5 nitrogen and oxygen atoms in total. The summed E-state index contributed by atoms with van der Waals surface area (Å²) in [6.45, 7) is 1.35. The minimum Gasteiger partial charge on any atom is -0.351 e. The summed E-state index contributed by atoms with van der Waals surface area (Å²) in [4.78, 5) is 31.4. The van der Waals surface area contributed by atoms with Gasteiger partial charge in [0.05, 0.1) is 5.92 Å². The summed E-state index contributed by atoms with van der Waals surface area (Å²) >= 11 is 0. The average molecular weight is 630 g/mol. The van der Waals surface area contributed by atoms with Gasteiger partial charge >= 0.3 is 6.18 Å². The first-order valence-corrected chi connectivity index (χ1v) is 16.7. The van der Waals surface area contributed by atoms with Crippen LogP contribution in [0.25, 0.3) is 11.1 Å². The first kappa shape index (κ1) is 31.9. The highest BCUT2D eigenvalue weighted by atomic mass is 19.4. The van der Waals surface area contributed by atoms with Crippen LogP contribution in [0.5, 0.6) is 0 Å². The third-order valence-corrected chi connectivity index (χ3v) is 9.65. The smallest absolute Gasteiger partial charge is 0.351 e. The first-order valence-electron chi connectivity index (χ1n) is 16.7. The van der Waals surface area contributed by atoms with Gasteiger partial charge in [-0.25, -0.2) is 0 Å². The predicted octanol–water partition coefficient (Wildman–Crippen LogP) is 8.32. The van der Waals surface area contributed by atoms with Gasteiger partial charge in [0.15, 0.2) is 0 Å². The normalized spacial score (nSPS) is 20.8. The van der Waals surface area contributed by atoms with Crippen molar-refractivity contribution in [2.24, 2.45) is 0 Å². The molecule has 3 atom stereocenters. The van der Waals surface area contributed by atoms with Crippen molar-refractivity contribution < 1.29 is 22.8 Å². The van der Waals surface area contributed by atoms with E-state index in [0.29, 0.717) is 19.4 Å². The Balaban J connectivity index is 1.35. The van der Waals surface area contributed by atoms with Crippen LogP contribution >= 0.6 is 0 Å². The van der Waals surface area contributed by atoms with E-state index in [9.17, 15) is 22.8 Å². The monoisotopic (exact) mass is 629 g/mol. The van der Waals surface area contributed by atoms with E-state index in [-0.39, 0.29) is 24.5 Å². The molecule has 1 heterocycles. The minimum atomic E-state index is -4.50. The van der Waals surface area contributed by atoms with Gasteiger partial charge in [-0.05, 0) is 73.3 Å². The number of anilines is 1. The van der Waals surface area contributed by atoms with Crippen LogP contribution in [0.1, 0.15) is 86.8 Å². The number of nitrogens with zero attached hydrogens (tertiary/aromatic N) is 2. The summed E-state index contributed by atoms with van der Waals surface area (Å²) in [5.41, 5.74) is 5.93. The average Bonchev–Trinajstić information content (AvgIpc) is 3.41. The Labute approximate surface area is 269 Å². The van der Waals surface area contributed by atoms with Gasteiger partial charge in [-0.2, -0.15) is 13.2 Å². The van der Waals surface area contributed by atoms with E-state index in [2.05, 4.69) is 28.4 Å². The fraction of sp³-hybridized carbons (Fsp3) is 0.421. The lowest BCUT2D eigenvalue weighted by Crippen LogP contribution is -2.52. The molecule has 0 saturated carbocycles. The Kier molecular flexibility index (Phi) is 9.52. The van der Waals surface area contributed by atoms with Gasteiger partial charge < -0.3 is 15.1 Å². The Morgan fingerprint density at radius 1 is 0.913 bits per heavy atom. The van der Waals surface area contributed by atoms with E-state index in [0.717, 1.165) is 82.5 Å². The number of halogens is 3. The van der Waals surface area contributed by atoms with Gasteiger partial charge in [0.25, 0.3) is 0 Å². The molecule has 1 saturated heterocycles. The molecule has 2 aliphatic carbocycles. The van der Waals surface area contributed by atoms with Gasteiger partial charge in [-0.3, -0.25) is 9.59 Å². The second-order valence-electron chi connectivity index (χ2n) is 12.7. The third-order valence-electron chi connectivity index (χ3n) is 9.65. The molecule has 2 amide bonds. The summed E-state index contributed by atoms with van der Waals surface area (Å²) in [6, 6.07) is 23.6. The van der Waals surface area contributed by atoms with Crippen LogP contribution in [0.4, 0.5) is 18.9 Å². The van der Waals surface area contributed by atoms with Crippen molar-refractivity contribution in [3.05, 3.63) is 101 Å². The number of benzene rings is 3. The van der Waals surface area contributed by atoms with Crippen molar-refractivity contribution in [2.45, 2.75) is 82.5 Å². The number of carbonyl (C=O) groups excluding carboxylic acids is 2. The first-order chi connectivity index (χ1) is 22.3. The number of alkyl halides is 3. The standard InChI is InChI=1S/C38H42F3N3O2/c1-2-3-23-43(25-38(39,40)41)37(46)35-30-18-9-8-17-28(30)29-20-13-21-32(34(29)35)44-24-12-11-22-33(44)42-36(45)31-19-10-7-16-27(31)26-14-5-4-6-15-26/h4-6,8-9,13-15,17-21,27,33,35H,2-3,7,10-12,16,22-25H2,1H3,(H,42,45). The number of allylic oxidation sites excluding steroid dienone is 1. The molecule has 1 aliphatic heterocycles. The number of carbonyl (C=O) groups is 2. The molecule has 242 valence electrons. The number of hydrogen-bond donors (Lipinski definition) is 1. The number of fused-ring (bicyclic) bond motifs is 3. The lowest BCUT2D eigenvalue weighted by Gasteiger charge is -2.40. The molecule has 0 spiro atoms. The molecule has 0 radical (unpaired) electrons. The molecule has 46 heavy (non-hydrogen) atoms. The number of unbranched alkanes of at least 4 members (excludes halogenated alkanes) is 1. The fourth-order valence-electron chi connectivity index (χ4n) is 7.53. The van der Waals surface area contributed by atoms with Crippen LogP contribution in [0.15, 0.2) is 84.4 Å². The Morgan fingerprint density at radius 2 is 1.67 bits per heavy atom. The highest BCUT2D eigenvalue weighted by molar-refractivity contribution is 5.99. The molecule has 0 aromatic heterocycles. The number of nitrogens with one attached hydrogen (secondary N) is 1. The molecule has 3 unspecified atom stereocenters. The van der Waals surface area contributed by atoms with Gasteiger partial charge in [0.1, 0.15) is 12.7 Å². The van der Waals surface area contributed by atoms with Gasteiger partial charge in [-0.1, -0.05) is 86.2 Å². The molecule has 3 aromatic carbocycles. The Bertz CT molecular complexity index is 1590. The summed E-state index contributed by atoms with van der Waals surface area (Å²) < 4.78 is 41.3. The third kappa shape index (κ3) is 6.58. The van der Waals surface area contributed by atoms with Crippen LogP contribution in [0.3, 0.4) is 0 Å². The van der Waals surface area contributed by atoms with E-state index < -0.39 is 24.5 Å². The second kappa shape index (κ2) is 13.7. The van der Waals surface area contributed by atoms with Crippen molar-refractivity contribution in [3.8, 4) is 11.1 Å². The Hall–Kier alpha value is -4.07. The van der Waals surface area contributed by atoms with E-state index in [1.807, 2.05) is 67.6 Å². The number of hydrogen-bond acceptors (Lipinski definition) is 3. The number of piperidine rings is 1. The molecule has 8 heteroatoms. The van der Waals surface area contributed by atoms with Crippen molar-refractivity contribution >= 4 is 17.5 Å². The molecular weight excluding hydrogens is 587 g/mol. The van der Waals surface area contributed by atoms with E-state index in [1.54, 1.807) is 0 Å². The van der Waals surface area contributed by atoms with E-state index in [4.69, 9.17) is 0 Å². The zero-order chi connectivity index (χ0) is 32.3. The van der Waals surface area contributed by atoms with Crippen LogP contribution in [0, 0.1) is 0 Å². The predicted molar refractivity (Wildman–Crippen MR) is 176 cm³/mol. The molecule has 1 N–H and O–H groups in total. The molecule has 6 rings (SSSR count). The molecule has 3 aliphatic rings. The molecular formula is C38H42F3N3O2. The molecule has 0 bridgehead atoms. The summed E-state index contributed by atoms with van der Waals surface area (Å²) in [7, 11) is 0. The zero-order valence-corrected chi connectivity index (χ0v) is 26.4. The Morgan fingerprint density at radius 3 is 2.46 bits per heavy atom. The quantitative estimate of drug-likeness (QED) is 0.259. The zero-order valence-electron chi connectivity index (χ0n) is 26.4. The van der Waals surface area contributed by atoms with Crippen LogP contribution in [0.2, 0.25) is 0 Å². The topological polar surface area (TPSA) is 52.7 Å². The summed E-state index contributed by atoms with van der Waals surface area (Å²) in [5.74, 6) is -1.43. The van der Waals surface area contributed by atoms with E-state index in [1.165, 1.54) is 0 Å². The maximum atomic E-state index is 14.3. The van der Waals surface area contributed by atoms with Crippen molar-refractivity contribution in [3.63, 3.8) is 0 Å². The maximum absolute atomic E-state index is 14.3. The van der Waals surface area contributed by atoms with Crippen molar-refractivity contribution in [2.75, 3.05) is 24.5 Å². The van der Waals surface area contributed by atoms with E-state index >= 15 is 0 Å². The van der Waals surface area contributed by atoms with Crippen LogP contribution < -0.4 is 10.2 Å². The largest absolute Gasteiger partial charge is 0.406 e. The minimum absolute atomic E-state index is 0.0344. The molecule has 1 fully saturated rings. The molecule has 3 aromatic rings. The fourth-order valence-corrected chi connectivity index (χ4v) is 7.53. The lowest BCUT2D eigenvalue weighted by atomic mass is 9.82. The van der Waals surface area contributed by atoms with Gasteiger partial charge in [-0.15, -0.1) is 0 Å². The van der Waals surface area contributed by atoms with Gasteiger partial charge in [0.2, 0.25) is 11.8 Å². The summed E-state index contributed by atoms with van der Waals surface area (Å²) in [5, 5.41) is 3.35. The number of amides is 2. The second-order valence-corrected chi connectivity index (χ2v) is 12.7. The van der Waals surface area contributed by atoms with Crippen molar-refractivity contribution in [1.82, 2.24) is 10.2 Å². The van der Waals surface area contributed by atoms with Gasteiger partial charge in [0, 0.05) is 35.8 Å². The number of rotatable bonds is 9. The summed E-state index contributed by atoms with van der Waals surface area (Å²) in [6.07, 6.45) is 3.83. The SMILES string of the molecule is CCCCN(CC(F)(F)F)C(=O)C1c2ccccc2-c2cccc(N3CCCCC3NC(=O)C3=CCCCC3c3ccccc3)c21. The maximum Gasteiger partial charge on any atom is 0.406 e. The van der Waals surface area contributed by atoms with Crippen LogP contribution in [-0.4, -0.2) is 48.7 Å². The van der Waals surface area contributed by atoms with Crippen LogP contribution in [-0.2, 0) is 9.59 Å². The highest BCUT2D eigenvalue weighted by Gasteiger charge is 2.42.